The predicted molar refractivity (Wildman–Crippen MR) is 107 cm³/mol. The molecule has 6 heteroatoms. The molecule has 2 aromatic heterocycles. The van der Waals surface area contributed by atoms with E-state index >= 15 is 0 Å². The van der Waals surface area contributed by atoms with Crippen molar-refractivity contribution in [1.82, 2.24) is 19.8 Å². The van der Waals surface area contributed by atoms with Crippen molar-refractivity contribution < 1.29 is 4.79 Å². The zero-order chi connectivity index (χ0) is 19.1. The number of Topliss-reactive ketones (excluding diaryl/α,β-unsaturated/α-hetero) is 1. The highest BCUT2D eigenvalue weighted by Gasteiger charge is 2.28. The van der Waals surface area contributed by atoms with Crippen molar-refractivity contribution in [2.24, 2.45) is 10.9 Å². The van der Waals surface area contributed by atoms with Gasteiger partial charge in [0.1, 0.15) is 0 Å². The SMILES string of the molecule is CC1=NC2C=C(Cc3nnc4ccc(-c5ccccc5)nn34)C=CC2CC1=O. The van der Waals surface area contributed by atoms with E-state index in [2.05, 4.69) is 33.4 Å². The number of allylic oxidation sites excluding steroid dienone is 2. The number of hydrogen-bond acceptors (Lipinski definition) is 5. The Balaban J connectivity index is 1.46. The monoisotopic (exact) mass is 369 g/mol. The summed E-state index contributed by atoms with van der Waals surface area (Å²) < 4.78 is 1.81. The maximum atomic E-state index is 11.9. The van der Waals surface area contributed by atoms with Crippen LogP contribution in [0.3, 0.4) is 0 Å². The summed E-state index contributed by atoms with van der Waals surface area (Å²) in [6.07, 6.45) is 7.47. The molecule has 0 N–H and O–H groups in total. The molecule has 0 fully saturated rings. The van der Waals surface area contributed by atoms with E-state index in [-0.39, 0.29) is 17.7 Å². The van der Waals surface area contributed by atoms with Gasteiger partial charge in [-0.25, -0.2) is 0 Å². The van der Waals surface area contributed by atoms with Gasteiger partial charge in [0, 0.05) is 24.3 Å². The average molecular weight is 369 g/mol. The smallest absolute Gasteiger partial charge is 0.177 e. The Morgan fingerprint density at radius 3 is 2.82 bits per heavy atom. The van der Waals surface area contributed by atoms with Gasteiger partial charge in [-0.2, -0.15) is 9.61 Å². The van der Waals surface area contributed by atoms with Crippen molar-refractivity contribution >= 4 is 17.1 Å². The van der Waals surface area contributed by atoms with Gasteiger partial charge < -0.3 is 0 Å². The maximum Gasteiger partial charge on any atom is 0.177 e. The topological polar surface area (TPSA) is 72.5 Å². The van der Waals surface area contributed by atoms with Gasteiger partial charge in [-0.05, 0) is 24.6 Å². The van der Waals surface area contributed by atoms with Crippen LogP contribution in [0.25, 0.3) is 16.9 Å². The van der Waals surface area contributed by atoms with E-state index < -0.39 is 0 Å². The summed E-state index contributed by atoms with van der Waals surface area (Å²) in [6.45, 7) is 1.80. The number of hydrogen-bond donors (Lipinski definition) is 0. The Bertz CT molecular complexity index is 1160. The van der Waals surface area contributed by atoms with Crippen LogP contribution >= 0.6 is 0 Å². The van der Waals surface area contributed by atoms with E-state index in [4.69, 9.17) is 5.10 Å². The molecule has 0 radical (unpaired) electrons. The minimum Gasteiger partial charge on any atom is -0.293 e. The number of aliphatic imine (C=N–C) groups is 1. The van der Waals surface area contributed by atoms with Crippen LogP contribution in [0.5, 0.6) is 0 Å². The fourth-order valence-electron chi connectivity index (χ4n) is 3.75. The summed E-state index contributed by atoms with van der Waals surface area (Å²) in [5.41, 5.74) is 4.40. The number of benzene rings is 1. The lowest BCUT2D eigenvalue weighted by molar-refractivity contribution is -0.114. The molecule has 2 aliphatic rings. The number of ketones is 1. The predicted octanol–water partition coefficient (Wildman–Crippen LogP) is 3.25. The fourth-order valence-corrected chi connectivity index (χ4v) is 3.75. The molecule has 6 nitrogen and oxygen atoms in total. The number of carbonyl (C=O) groups is 1. The van der Waals surface area contributed by atoms with Crippen molar-refractivity contribution in [2.45, 2.75) is 25.8 Å². The molecule has 0 saturated carbocycles. The molecule has 3 aromatic rings. The lowest BCUT2D eigenvalue weighted by atomic mass is 9.84. The highest BCUT2D eigenvalue weighted by Crippen LogP contribution is 2.28. The first-order chi connectivity index (χ1) is 13.7. The van der Waals surface area contributed by atoms with Crippen LogP contribution in [0.15, 0.2) is 71.3 Å². The van der Waals surface area contributed by atoms with Gasteiger partial charge in [-0.15, -0.1) is 10.2 Å². The first-order valence-corrected chi connectivity index (χ1v) is 9.40. The van der Waals surface area contributed by atoms with E-state index in [1.807, 2.05) is 47.0 Å². The number of rotatable bonds is 3. The average Bonchev–Trinajstić information content (AvgIpc) is 3.12. The molecule has 0 spiro atoms. The first kappa shape index (κ1) is 16.7. The molecule has 2 unspecified atom stereocenters. The minimum atomic E-state index is 0.0322. The van der Waals surface area contributed by atoms with Crippen molar-refractivity contribution in [3.8, 4) is 11.3 Å². The van der Waals surface area contributed by atoms with Gasteiger partial charge in [0.05, 0.1) is 17.4 Å². The Morgan fingerprint density at radius 2 is 1.96 bits per heavy atom. The fraction of sp³-hybridized carbons (Fsp3) is 0.227. The van der Waals surface area contributed by atoms with E-state index in [1.165, 1.54) is 0 Å². The Kier molecular flexibility index (Phi) is 3.97. The molecule has 0 amide bonds. The van der Waals surface area contributed by atoms with Crippen LogP contribution < -0.4 is 0 Å². The summed E-state index contributed by atoms with van der Waals surface area (Å²) in [7, 11) is 0. The highest BCUT2D eigenvalue weighted by atomic mass is 16.1. The van der Waals surface area contributed by atoms with Crippen LogP contribution in [0.2, 0.25) is 0 Å². The molecule has 0 saturated heterocycles. The maximum absolute atomic E-state index is 11.9. The summed E-state index contributed by atoms with van der Waals surface area (Å²) in [6, 6.07) is 14.0. The lowest BCUT2D eigenvalue weighted by Gasteiger charge is -2.26. The van der Waals surface area contributed by atoms with Gasteiger partial charge in [0.2, 0.25) is 0 Å². The second-order valence-electron chi connectivity index (χ2n) is 7.24. The molecule has 2 atom stereocenters. The van der Waals surface area contributed by atoms with Gasteiger partial charge in [0.15, 0.2) is 17.3 Å². The van der Waals surface area contributed by atoms with Crippen LogP contribution in [0, 0.1) is 5.92 Å². The van der Waals surface area contributed by atoms with E-state index in [9.17, 15) is 4.79 Å². The Hall–Kier alpha value is -3.41. The normalized spacial score (nSPS) is 21.4. The summed E-state index contributed by atoms with van der Waals surface area (Å²) in [5.74, 6) is 1.09. The lowest BCUT2D eigenvalue weighted by Crippen LogP contribution is -2.30. The van der Waals surface area contributed by atoms with E-state index in [0.717, 1.165) is 28.3 Å². The Labute approximate surface area is 162 Å². The standard InChI is InChI=1S/C22H19N5O/c1-14-20(28)13-17-8-7-15(11-19(17)23-14)12-22-25-24-21-10-9-18(26-27(21)22)16-5-3-2-4-6-16/h2-11,17,19H,12-13H2,1H3. The zero-order valence-corrected chi connectivity index (χ0v) is 15.5. The van der Waals surface area contributed by atoms with E-state index in [1.54, 1.807) is 6.92 Å². The second kappa shape index (κ2) is 6.64. The van der Waals surface area contributed by atoms with Crippen molar-refractivity contribution in [3.63, 3.8) is 0 Å². The molecule has 138 valence electrons. The molecule has 28 heavy (non-hydrogen) atoms. The first-order valence-electron chi connectivity index (χ1n) is 9.40. The molecule has 1 aromatic carbocycles. The molecule has 1 aliphatic heterocycles. The Morgan fingerprint density at radius 1 is 1.11 bits per heavy atom. The minimum absolute atomic E-state index is 0.0322. The van der Waals surface area contributed by atoms with Crippen LogP contribution in [0.1, 0.15) is 19.2 Å². The van der Waals surface area contributed by atoms with Crippen molar-refractivity contribution in [1.29, 1.82) is 0 Å². The number of carbonyl (C=O) groups excluding carboxylic acids is 1. The summed E-state index contributed by atoms with van der Waals surface area (Å²) in [5, 5.41) is 13.3. The molecule has 3 heterocycles. The van der Waals surface area contributed by atoms with Gasteiger partial charge in [-0.1, -0.05) is 48.6 Å². The van der Waals surface area contributed by atoms with Crippen molar-refractivity contribution in [3.05, 3.63) is 72.1 Å². The third-order valence-corrected chi connectivity index (χ3v) is 5.31. The largest absolute Gasteiger partial charge is 0.293 e. The highest BCUT2D eigenvalue weighted by molar-refractivity contribution is 6.39. The molecule has 1 aliphatic carbocycles. The number of fused-ring (bicyclic) bond motifs is 2. The summed E-state index contributed by atoms with van der Waals surface area (Å²) in [4.78, 5) is 16.4. The second-order valence-corrected chi connectivity index (χ2v) is 7.24. The van der Waals surface area contributed by atoms with Gasteiger partial charge >= 0.3 is 0 Å². The van der Waals surface area contributed by atoms with Crippen LogP contribution in [-0.4, -0.2) is 37.3 Å². The zero-order valence-electron chi connectivity index (χ0n) is 15.5. The van der Waals surface area contributed by atoms with Gasteiger partial charge in [-0.3, -0.25) is 9.79 Å². The number of nitrogens with zero attached hydrogens (tertiary/aromatic N) is 5. The summed E-state index contributed by atoms with van der Waals surface area (Å²) >= 11 is 0. The number of aromatic nitrogens is 4. The molecular weight excluding hydrogens is 350 g/mol. The quantitative estimate of drug-likeness (QED) is 0.710. The van der Waals surface area contributed by atoms with Gasteiger partial charge in [0.25, 0.3) is 0 Å². The van der Waals surface area contributed by atoms with Crippen molar-refractivity contribution in [2.75, 3.05) is 0 Å². The van der Waals surface area contributed by atoms with E-state index in [0.29, 0.717) is 18.6 Å². The molecule has 0 bridgehead atoms. The van der Waals surface area contributed by atoms with Crippen LogP contribution in [0.4, 0.5) is 0 Å². The van der Waals surface area contributed by atoms with Crippen LogP contribution in [-0.2, 0) is 11.2 Å². The third-order valence-electron chi connectivity index (χ3n) is 5.31. The third kappa shape index (κ3) is 2.97. The molecular formula is C22H19N5O. The molecule has 5 rings (SSSR count).